The highest BCUT2D eigenvalue weighted by atomic mass is 15.2. The molecule has 0 saturated carbocycles. The third kappa shape index (κ3) is 4.68. The quantitative estimate of drug-likeness (QED) is 0.816. The first kappa shape index (κ1) is 16.2. The van der Waals surface area contributed by atoms with Gasteiger partial charge < -0.3 is 15.1 Å². The summed E-state index contributed by atoms with van der Waals surface area (Å²) in [5, 5.41) is 3.44. The van der Waals surface area contributed by atoms with Crippen LogP contribution in [0.5, 0.6) is 0 Å². The van der Waals surface area contributed by atoms with Crippen molar-refractivity contribution in [2.75, 3.05) is 38.1 Å². The predicted molar refractivity (Wildman–Crippen MR) is 89.8 cm³/mol. The molecule has 0 radical (unpaired) electrons. The number of anilines is 1. The fourth-order valence-corrected chi connectivity index (χ4v) is 3.07. The number of likely N-dealkylation sites (N-methyl/N-ethyl adjacent to an activating group) is 1. The first-order valence-corrected chi connectivity index (χ1v) is 8.35. The Hall–Kier alpha value is -1.13. The largest absolute Gasteiger partial charge is 0.367 e. The number of nitrogens with zero attached hydrogens (tertiary/aromatic N) is 3. The van der Waals surface area contributed by atoms with Gasteiger partial charge in [0.25, 0.3) is 0 Å². The van der Waals surface area contributed by atoms with Crippen LogP contribution < -0.4 is 10.2 Å². The summed E-state index contributed by atoms with van der Waals surface area (Å²) < 4.78 is 0. The number of hydrogen-bond donors (Lipinski definition) is 1. The Balaban J connectivity index is 2.09. The van der Waals surface area contributed by atoms with Crippen molar-refractivity contribution >= 4 is 5.69 Å². The van der Waals surface area contributed by atoms with Gasteiger partial charge in [0.15, 0.2) is 0 Å². The van der Waals surface area contributed by atoms with Crippen molar-refractivity contribution in [2.24, 2.45) is 0 Å². The highest BCUT2D eigenvalue weighted by molar-refractivity contribution is 5.48. The zero-order valence-corrected chi connectivity index (χ0v) is 13.8. The Morgan fingerprint density at radius 3 is 2.95 bits per heavy atom. The van der Waals surface area contributed by atoms with Crippen LogP contribution in [0.25, 0.3) is 0 Å². The van der Waals surface area contributed by atoms with E-state index >= 15 is 0 Å². The van der Waals surface area contributed by atoms with Crippen LogP contribution in [0.1, 0.15) is 38.8 Å². The number of hydrogen-bond acceptors (Lipinski definition) is 4. The van der Waals surface area contributed by atoms with E-state index in [-0.39, 0.29) is 0 Å². The van der Waals surface area contributed by atoms with Gasteiger partial charge in [0, 0.05) is 37.6 Å². The average Bonchev–Trinajstić information content (AvgIpc) is 2.69. The third-order valence-corrected chi connectivity index (χ3v) is 4.24. The summed E-state index contributed by atoms with van der Waals surface area (Å²) >= 11 is 0. The van der Waals surface area contributed by atoms with Gasteiger partial charge in [-0.3, -0.25) is 4.98 Å². The van der Waals surface area contributed by atoms with Gasteiger partial charge in [-0.1, -0.05) is 13.8 Å². The van der Waals surface area contributed by atoms with Gasteiger partial charge in [-0.25, -0.2) is 0 Å². The summed E-state index contributed by atoms with van der Waals surface area (Å²) in [7, 11) is 2.23. The summed E-state index contributed by atoms with van der Waals surface area (Å²) in [6.07, 6.45) is 5.55. The minimum Gasteiger partial charge on any atom is -0.367 e. The molecule has 1 aromatic rings. The molecule has 0 aromatic carbocycles. The van der Waals surface area contributed by atoms with Crippen LogP contribution in [0.3, 0.4) is 0 Å². The van der Waals surface area contributed by atoms with Crippen LogP contribution in [-0.2, 0) is 6.54 Å². The fourth-order valence-electron chi connectivity index (χ4n) is 3.07. The highest BCUT2D eigenvalue weighted by Crippen LogP contribution is 2.22. The van der Waals surface area contributed by atoms with E-state index in [4.69, 9.17) is 0 Å². The van der Waals surface area contributed by atoms with Crippen molar-refractivity contribution < 1.29 is 0 Å². The lowest BCUT2D eigenvalue weighted by Gasteiger charge is -2.32. The molecule has 1 N–H and O–H groups in total. The molecule has 0 bridgehead atoms. The average molecular weight is 290 g/mol. The second-order valence-electron chi connectivity index (χ2n) is 6.05. The molecule has 0 amide bonds. The predicted octanol–water partition coefficient (Wildman–Crippen LogP) is 2.50. The normalized spacial score (nSPS) is 20.5. The minimum atomic E-state index is 0.608. The molecule has 1 aliphatic rings. The molecule has 1 aliphatic heterocycles. The van der Waals surface area contributed by atoms with Crippen molar-refractivity contribution in [3.63, 3.8) is 0 Å². The van der Waals surface area contributed by atoms with E-state index in [0.29, 0.717) is 6.04 Å². The second kappa shape index (κ2) is 8.35. The zero-order chi connectivity index (χ0) is 15.1. The Morgan fingerprint density at radius 2 is 2.19 bits per heavy atom. The maximum Gasteiger partial charge on any atom is 0.0562 e. The van der Waals surface area contributed by atoms with Crippen molar-refractivity contribution in [1.82, 2.24) is 15.2 Å². The molecule has 0 aliphatic carbocycles. The van der Waals surface area contributed by atoms with E-state index in [1.54, 1.807) is 0 Å². The van der Waals surface area contributed by atoms with Crippen LogP contribution in [-0.4, -0.2) is 49.2 Å². The van der Waals surface area contributed by atoms with E-state index in [1.807, 2.05) is 6.20 Å². The summed E-state index contributed by atoms with van der Waals surface area (Å²) in [4.78, 5) is 9.53. The SMILES string of the molecule is CCCNCc1cc(N2CCCN(C)CC2CC)ccn1. The van der Waals surface area contributed by atoms with E-state index in [0.717, 1.165) is 38.3 Å². The van der Waals surface area contributed by atoms with Gasteiger partial charge >= 0.3 is 0 Å². The lowest BCUT2D eigenvalue weighted by Crippen LogP contribution is -2.39. The molecule has 1 unspecified atom stereocenters. The molecule has 1 fully saturated rings. The fraction of sp³-hybridized carbons (Fsp3) is 0.706. The molecule has 2 rings (SSSR count). The molecule has 4 heteroatoms. The van der Waals surface area contributed by atoms with E-state index in [9.17, 15) is 0 Å². The molecule has 21 heavy (non-hydrogen) atoms. The Labute approximate surface area is 129 Å². The number of rotatable bonds is 6. The van der Waals surface area contributed by atoms with Crippen LogP contribution in [0.2, 0.25) is 0 Å². The van der Waals surface area contributed by atoms with Gasteiger partial charge in [0.05, 0.1) is 5.69 Å². The van der Waals surface area contributed by atoms with Crippen LogP contribution in [0.4, 0.5) is 5.69 Å². The van der Waals surface area contributed by atoms with Crippen molar-refractivity contribution in [3.05, 3.63) is 24.0 Å². The maximum atomic E-state index is 4.50. The lowest BCUT2D eigenvalue weighted by molar-refractivity contribution is 0.328. The van der Waals surface area contributed by atoms with E-state index in [2.05, 4.69) is 53.1 Å². The first-order valence-electron chi connectivity index (χ1n) is 8.35. The molecule has 4 nitrogen and oxygen atoms in total. The molecular weight excluding hydrogens is 260 g/mol. The maximum absolute atomic E-state index is 4.50. The van der Waals surface area contributed by atoms with Gasteiger partial charge in [-0.15, -0.1) is 0 Å². The van der Waals surface area contributed by atoms with Gasteiger partial charge in [-0.2, -0.15) is 0 Å². The minimum absolute atomic E-state index is 0.608. The zero-order valence-electron chi connectivity index (χ0n) is 13.8. The van der Waals surface area contributed by atoms with Crippen LogP contribution in [0, 0.1) is 0 Å². The number of pyridine rings is 1. The van der Waals surface area contributed by atoms with Crippen molar-refractivity contribution in [1.29, 1.82) is 0 Å². The highest BCUT2D eigenvalue weighted by Gasteiger charge is 2.22. The van der Waals surface area contributed by atoms with Gasteiger partial charge in [0.1, 0.15) is 0 Å². The molecule has 1 atom stereocenters. The summed E-state index contributed by atoms with van der Waals surface area (Å²) in [5.74, 6) is 0. The molecule has 1 saturated heterocycles. The summed E-state index contributed by atoms with van der Waals surface area (Å²) in [5.41, 5.74) is 2.48. The van der Waals surface area contributed by atoms with Gasteiger partial charge in [0.2, 0.25) is 0 Å². The number of aromatic nitrogens is 1. The monoisotopic (exact) mass is 290 g/mol. The Bertz CT molecular complexity index is 421. The Kier molecular flexibility index (Phi) is 6.46. The van der Waals surface area contributed by atoms with Crippen molar-refractivity contribution in [2.45, 2.75) is 45.7 Å². The third-order valence-electron chi connectivity index (χ3n) is 4.24. The van der Waals surface area contributed by atoms with Gasteiger partial charge in [-0.05, 0) is 51.5 Å². The standard InChI is InChI=1S/C17H30N4/c1-4-8-18-13-15-12-17(7-9-19-15)21-11-6-10-20(3)14-16(21)5-2/h7,9,12,16,18H,4-6,8,10-11,13-14H2,1-3H3. The molecule has 1 aromatic heterocycles. The molecule has 118 valence electrons. The summed E-state index contributed by atoms with van der Waals surface area (Å²) in [6.45, 7) is 9.91. The first-order chi connectivity index (χ1) is 10.2. The second-order valence-corrected chi connectivity index (χ2v) is 6.05. The van der Waals surface area contributed by atoms with Crippen LogP contribution in [0.15, 0.2) is 18.3 Å². The molecule has 2 heterocycles. The van der Waals surface area contributed by atoms with E-state index in [1.165, 1.54) is 25.1 Å². The van der Waals surface area contributed by atoms with E-state index < -0.39 is 0 Å². The molecular formula is C17H30N4. The lowest BCUT2D eigenvalue weighted by atomic mass is 10.1. The van der Waals surface area contributed by atoms with Crippen molar-refractivity contribution in [3.8, 4) is 0 Å². The topological polar surface area (TPSA) is 31.4 Å². The smallest absolute Gasteiger partial charge is 0.0562 e. The summed E-state index contributed by atoms with van der Waals surface area (Å²) in [6, 6.07) is 5.03. The number of nitrogens with one attached hydrogen (secondary N) is 1. The molecule has 0 spiro atoms. The Morgan fingerprint density at radius 1 is 1.33 bits per heavy atom. The van der Waals surface area contributed by atoms with Crippen LogP contribution >= 0.6 is 0 Å².